The summed E-state index contributed by atoms with van der Waals surface area (Å²) in [5, 5.41) is 0. The molecule has 1 aliphatic heterocycles. The SMILES string of the molecule is CCOc1ccc(C(=O)N2CCN=Cc3cc(N)ccc32)cc1Br. The van der Waals surface area contributed by atoms with Crippen LogP contribution in [0.1, 0.15) is 22.8 Å². The molecule has 124 valence electrons. The van der Waals surface area contributed by atoms with E-state index < -0.39 is 0 Å². The Balaban J connectivity index is 1.95. The van der Waals surface area contributed by atoms with Gasteiger partial charge in [-0.05, 0) is 59.3 Å². The Morgan fingerprint density at radius 2 is 2.17 bits per heavy atom. The van der Waals surface area contributed by atoms with E-state index in [1.54, 1.807) is 35.4 Å². The first-order valence-corrected chi connectivity index (χ1v) is 8.53. The second-order valence-electron chi connectivity index (χ2n) is 5.39. The third-order valence-electron chi connectivity index (χ3n) is 3.75. The Bertz CT molecular complexity index is 805. The van der Waals surface area contributed by atoms with Gasteiger partial charge in [-0.2, -0.15) is 0 Å². The molecule has 1 amide bonds. The fourth-order valence-corrected chi connectivity index (χ4v) is 3.13. The molecule has 3 rings (SSSR count). The average Bonchev–Trinajstić information content (AvgIpc) is 2.78. The lowest BCUT2D eigenvalue weighted by atomic mass is 10.1. The van der Waals surface area contributed by atoms with Gasteiger partial charge in [-0.25, -0.2) is 0 Å². The molecule has 2 aromatic rings. The number of benzene rings is 2. The molecule has 0 saturated carbocycles. The van der Waals surface area contributed by atoms with Gasteiger partial charge in [-0.15, -0.1) is 0 Å². The molecule has 0 bridgehead atoms. The van der Waals surface area contributed by atoms with E-state index in [9.17, 15) is 4.79 Å². The highest BCUT2D eigenvalue weighted by molar-refractivity contribution is 9.10. The first-order valence-electron chi connectivity index (χ1n) is 7.73. The van der Waals surface area contributed by atoms with Crippen LogP contribution in [0.15, 0.2) is 45.9 Å². The van der Waals surface area contributed by atoms with Crippen LogP contribution in [-0.4, -0.2) is 31.8 Å². The lowest BCUT2D eigenvalue weighted by molar-refractivity contribution is 0.0987. The van der Waals surface area contributed by atoms with Crippen LogP contribution in [0.3, 0.4) is 0 Å². The van der Waals surface area contributed by atoms with Crippen molar-refractivity contribution in [1.82, 2.24) is 0 Å². The number of benzodiazepines with no additional fused rings is 1. The summed E-state index contributed by atoms with van der Waals surface area (Å²) in [4.78, 5) is 19.1. The number of halogens is 1. The number of fused-ring (bicyclic) bond motifs is 1. The standard InChI is InChI=1S/C18H18BrN3O2/c1-2-24-17-6-3-12(10-15(17)19)18(23)22-8-7-21-11-13-9-14(20)4-5-16(13)22/h3-6,9-11H,2,7-8,20H2,1H3. The third kappa shape index (κ3) is 3.28. The van der Waals surface area contributed by atoms with E-state index in [0.29, 0.717) is 30.9 Å². The molecule has 2 N–H and O–H groups in total. The molecule has 6 heteroatoms. The monoisotopic (exact) mass is 387 g/mol. The number of hydrogen-bond donors (Lipinski definition) is 1. The summed E-state index contributed by atoms with van der Waals surface area (Å²) in [6, 6.07) is 10.9. The lowest BCUT2D eigenvalue weighted by Gasteiger charge is -2.23. The van der Waals surface area contributed by atoms with Crippen molar-refractivity contribution in [1.29, 1.82) is 0 Å². The lowest BCUT2D eigenvalue weighted by Crippen LogP contribution is -2.33. The molecule has 0 aliphatic carbocycles. The van der Waals surface area contributed by atoms with Crippen LogP contribution >= 0.6 is 15.9 Å². The fraction of sp³-hybridized carbons (Fsp3) is 0.222. The first kappa shape index (κ1) is 16.5. The molecular formula is C18H18BrN3O2. The van der Waals surface area contributed by atoms with E-state index in [1.807, 2.05) is 19.1 Å². The zero-order chi connectivity index (χ0) is 17.1. The summed E-state index contributed by atoms with van der Waals surface area (Å²) in [6.45, 7) is 3.57. The molecule has 0 saturated heterocycles. The van der Waals surface area contributed by atoms with Crippen LogP contribution in [0.25, 0.3) is 0 Å². The number of carbonyl (C=O) groups is 1. The van der Waals surface area contributed by atoms with E-state index >= 15 is 0 Å². The van der Waals surface area contributed by atoms with E-state index in [0.717, 1.165) is 21.5 Å². The maximum atomic E-state index is 13.0. The number of carbonyl (C=O) groups excluding carboxylic acids is 1. The number of rotatable bonds is 3. The predicted octanol–water partition coefficient (Wildman–Crippen LogP) is 3.51. The maximum Gasteiger partial charge on any atom is 0.258 e. The summed E-state index contributed by atoms with van der Waals surface area (Å²) in [5.74, 6) is 0.650. The molecule has 1 aliphatic rings. The minimum Gasteiger partial charge on any atom is -0.493 e. The topological polar surface area (TPSA) is 67.9 Å². The summed E-state index contributed by atoms with van der Waals surface area (Å²) in [6.07, 6.45) is 1.77. The van der Waals surface area contributed by atoms with E-state index in [1.165, 1.54) is 0 Å². The van der Waals surface area contributed by atoms with Crippen molar-refractivity contribution in [2.75, 3.05) is 30.3 Å². The highest BCUT2D eigenvalue weighted by Crippen LogP contribution is 2.29. The van der Waals surface area contributed by atoms with Gasteiger partial charge in [0.25, 0.3) is 5.91 Å². The Morgan fingerprint density at radius 1 is 1.33 bits per heavy atom. The summed E-state index contributed by atoms with van der Waals surface area (Å²) < 4.78 is 6.26. The van der Waals surface area contributed by atoms with E-state index in [-0.39, 0.29) is 5.91 Å². The number of anilines is 2. The van der Waals surface area contributed by atoms with Crippen molar-refractivity contribution < 1.29 is 9.53 Å². The number of ether oxygens (including phenoxy) is 1. The summed E-state index contributed by atoms with van der Waals surface area (Å²) in [7, 11) is 0. The molecule has 0 radical (unpaired) electrons. The largest absolute Gasteiger partial charge is 0.493 e. The highest BCUT2D eigenvalue weighted by Gasteiger charge is 2.22. The zero-order valence-corrected chi connectivity index (χ0v) is 14.9. The van der Waals surface area contributed by atoms with E-state index in [4.69, 9.17) is 10.5 Å². The maximum absolute atomic E-state index is 13.0. The molecule has 0 aromatic heterocycles. The molecule has 24 heavy (non-hydrogen) atoms. The smallest absolute Gasteiger partial charge is 0.258 e. The normalized spacial score (nSPS) is 13.3. The Hall–Kier alpha value is -2.34. The minimum atomic E-state index is -0.0738. The van der Waals surface area contributed by atoms with Crippen molar-refractivity contribution in [2.24, 2.45) is 4.99 Å². The number of hydrogen-bond acceptors (Lipinski definition) is 4. The van der Waals surface area contributed by atoms with Gasteiger partial charge < -0.3 is 15.4 Å². The van der Waals surface area contributed by atoms with Crippen molar-refractivity contribution >= 4 is 39.4 Å². The van der Waals surface area contributed by atoms with Gasteiger partial charge in [0.1, 0.15) is 5.75 Å². The van der Waals surface area contributed by atoms with Crippen molar-refractivity contribution in [3.8, 4) is 5.75 Å². The average molecular weight is 388 g/mol. The number of nitrogens with zero attached hydrogens (tertiary/aromatic N) is 2. The molecule has 0 fully saturated rings. The quantitative estimate of drug-likeness (QED) is 0.819. The van der Waals surface area contributed by atoms with Gasteiger partial charge in [0.05, 0.1) is 23.3 Å². The minimum absolute atomic E-state index is 0.0738. The van der Waals surface area contributed by atoms with Gasteiger partial charge in [0.15, 0.2) is 0 Å². The second-order valence-corrected chi connectivity index (χ2v) is 6.24. The number of amides is 1. The van der Waals surface area contributed by atoms with Gasteiger partial charge >= 0.3 is 0 Å². The number of aliphatic imine (C=N–C) groups is 1. The molecule has 5 nitrogen and oxygen atoms in total. The molecule has 0 unspecified atom stereocenters. The molecule has 0 spiro atoms. The van der Waals surface area contributed by atoms with Crippen LogP contribution in [0, 0.1) is 0 Å². The number of nitrogen functional groups attached to an aromatic ring is 1. The Morgan fingerprint density at radius 3 is 2.92 bits per heavy atom. The van der Waals surface area contributed by atoms with Gasteiger partial charge in [-0.3, -0.25) is 9.79 Å². The fourth-order valence-electron chi connectivity index (χ4n) is 2.64. The van der Waals surface area contributed by atoms with Crippen LogP contribution in [0.5, 0.6) is 5.75 Å². The van der Waals surface area contributed by atoms with Crippen LogP contribution in [0.4, 0.5) is 11.4 Å². The van der Waals surface area contributed by atoms with E-state index in [2.05, 4.69) is 20.9 Å². The van der Waals surface area contributed by atoms with Gasteiger partial charge in [-0.1, -0.05) is 0 Å². The van der Waals surface area contributed by atoms with Crippen molar-refractivity contribution in [2.45, 2.75) is 6.92 Å². The summed E-state index contributed by atoms with van der Waals surface area (Å²) in [5.41, 5.74) is 8.76. The van der Waals surface area contributed by atoms with Crippen molar-refractivity contribution in [3.05, 3.63) is 52.0 Å². The zero-order valence-electron chi connectivity index (χ0n) is 13.3. The predicted molar refractivity (Wildman–Crippen MR) is 100 cm³/mol. The number of nitrogens with two attached hydrogens (primary N) is 1. The van der Waals surface area contributed by atoms with Crippen LogP contribution < -0.4 is 15.4 Å². The highest BCUT2D eigenvalue weighted by atomic mass is 79.9. The third-order valence-corrected chi connectivity index (χ3v) is 4.37. The summed E-state index contributed by atoms with van der Waals surface area (Å²) >= 11 is 3.46. The van der Waals surface area contributed by atoms with Crippen LogP contribution in [-0.2, 0) is 0 Å². The Labute approximate surface area is 149 Å². The molecule has 1 heterocycles. The molecular weight excluding hydrogens is 370 g/mol. The Kier molecular flexibility index (Phi) is 4.85. The first-order chi connectivity index (χ1) is 11.6. The second kappa shape index (κ2) is 7.05. The molecule has 2 aromatic carbocycles. The van der Waals surface area contributed by atoms with Gasteiger partial charge in [0, 0.05) is 29.6 Å². The molecule has 0 atom stereocenters. The van der Waals surface area contributed by atoms with Gasteiger partial charge in [0.2, 0.25) is 0 Å². The van der Waals surface area contributed by atoms with Crippen LogP contribution in [0.2, 0.25) is 0 Å². The van der Waals surface area contributed by atoms with Crippen molar-refractivity contribution in [3.63, 3.8) is 0 Å².